The maximum atomic E-state index is 6.56. The first-order valence-corrected chi connectivity index (χ1v) is 7.05. The van der Waals surface area contributed by atoms with Gasteiger partial charge in [-0.25, -0.2) is 0 Å². The molecule has 0 saturated heterocycles. The van der Waals surface area contributed by atoms with E-state index in [4.69, 9.17) is 69.6 Å². The van der Waals surface area contributed by atoms with Gasteiger partial charge in [-0.2, -0.15) is 0 Å². The summed E-state index contributed by atoms with van der Waals surface area (Å²) in [6, 6.07) is 0. The van der Waals surface area contributed by atoms with Crippen LogP contribution in [0.2, 0.25) is 0 Å². The zero-order valence-corrected chi connectivity index (χ0v) is 12.3. The average molecular weight is 339 g/mol. The van der Waals surface area contributed by atoms with Crippen molar-refractivity contribution in [3.63, 3.8) is 0 Å². The molecule has 16 heavy (non-hydrogen) atoms. The molecule has 0 aromatic rings. The van der Waals surface area contributed by atoms with Gasteiger partial charge in [-0.1, -0.05) is 58.6 Å². The zero-order chi connectivity index (χ0) is 11.9. The second kappa shape index (κ2) is 3.21. The molecular weight excluding hydrogens is 333 g/mol. The minimum absolute atomic E-state index is 0.0108. The van der Waals surface area contributed by atoms with Crippen molar-refractivity contribution in [3.05, 3.63) is 22.2 Å². The topological polar surface area (TPSA) is 0 Å². The predicted octanol–water partition coefficient (Wildman–Crippen LogP) is 5.02. The highest BCUT2D eigenvalue weighted by Crippen LogP contribution is 2.77. The molecule has 88 valence electrons. The highest BCUT2D eigenvalue weighted by atomic mass is 35.5. The summed E-state index contributed by atoms with van der Waals surface area (Å²) in [4.78, 5) is -2.18. The second-order valence-corrected chi connectivity index (χ2v) is 7.70. The van der Waals surface area contributed by atoms with Crippen LogP contribution in [0, 0.1) is 11.8 Å². The van der Waals surface area contributed by atoms with Gasteiger partial charge in [0.15, 0.2) is 4.33 Å². The molecule has 3 aliphatic rings. The smallest absolute Gasteiger partial charge is 0.109 e. The van der Waals surface area contributed by atoms with Gasteiger partial charge in [0.1, 0.15) is 9.75 Å². The Hall–Kier alpha value is 1.22. The number of alkyl halides is 4. The highest BCUT2D eigenvalue weighted by Gasteiger charge is 2.81. The molecule has 3 aliphatic carbocycles. The van der Waals surface area contributed by atoms with E-state index in [2.05, 4.69) is 0 Å². The number of rotatable bonds is 0. The SMILES string of the molecule is ClC1=C(Cl)[C@]2(Cl)[C@@H]3C=CC[C@@H]3[C@@]1(Cl)C2(Cl)Cl. The fraction of sp³-hybridized carbons (Fsp3) is 0.600. The van der Waals surface area contributed by atoms with Crippen molar-refractivity contribution in [1.82, 2.24) is 0 Å². The maximum Gasteiger partial charge on any atom is 0.167 e. The van der Waals surface area contributed by atoms with Crippen LogP contribution in [-0.2, 0) is 0 Å². The lowest BCUT2D eigenvalue weighted by Crippen LogP contribution is -2.44. The third kappa shape index (κ3) is 0.940. The zero-order valence-electron chi connectivity index (χ0n) is 7.78. The Morgan fingerprint density at radius 3 is 2.19 bits per heavy atom. The van der Waals surface area contributed by atoms with Gasteiger partial charge < -0.3 is 0 Å². The minimum atomic E-state index is -1.38. The maximum absolute atomic E-state index is 6.56. The van der Waals surface area contributed by atoms with E-state index in [-0.39, 0.29) is 16.9 Å². The highest BCUT2D eigenvalue weighted by molar-refractivity contribution is 6.65. The molecule has 0 unspecified atom stereocenters. The van der Waals surface area contributed by atoms with Crippen LogP contribution in [0.25, 0.3) is 0 Å². The normalized spacial score (nSPS) is 52.6. The Morgan fingerprint density at radius 2 is 1.56 bits per heavy atom. The van der Waals surface area contributed by atoms with Crippen molar-refractivity contribution < 1.29 is 0 Å². The van der Waals surface area contributed by atoms with Gasteiger partial charge in [0.25, 0.3) is 0 Å². The van der Waals surface area contributed by atoms with Crippen molar-refractivity contribution in [3.8, 4) is 0 Å². The summed E-state index contributed by atoms with van der Waals surface area (Å²) in [7, 11) is 0. The number of hydrogen-bond donors (Lipinski definition) is 0. The summed E-state index contributed by atoms with van der Waals surface area (Å²) < 4.78 is -1.38. The Morgan fingerprint density at radius 1 is 1.00 bits per heavy atom. The molecule has 0 aromatic heterocycles. The molecule has 0 nitrogen and oxygen atoms in total. The standard InChI is InChI=1S/C10H6Cl6/c11-6-7(12)9(14)5-3-1-2-4(5)8(6,13)10(9,15)16/h1-2,4-5H,3H2/t4-,5+,8-,9+/m1/s1. The molecule has 1 saturated carbocycles. The van der Waals surface area contributed by atoms with Gasteiger partial charge >= 0.3 is 0 Å². The summed E-state index contributed by atoms with van der Waals surface area (Å²) >= 11 is 38.2. The van der Waals surface area contributed by atoms with E-state index in [1.165, 1.54) is 0 Å². The van der Waals surface area contributed by atoms with E-state index >= 15 is 0 Å². The van der Waals surface area contributed by atoms with Gasteiger partial charge in [0, 0.05) is 5.92 Å². The molecule has 0 N–H and O–H groups in total. The third-order valence-corrected chi connectivity index (χ3v) is 8.20. The summed E-state index contributed by atoms with van der Waals surface area (Å²) in [6.07, 6.45) is 4.77. The van der Waals surface area contributed by atoms with Crippen LogP contribution in [0.5, 0.6) is 0 Å². The number of fused-ring (bicyclic) bond motifs is 5. The van der Waals surface area contributed by atoms with E-state index in [1.807, 2.05) is 12.2 Å². The van der Waals surface area contributed by atoms with Gasteiger partial charge in [-0.3, -0.25) is 0 Å². The van der Waals surface area contributed by atoms with Crippen LogP contribution < -0.4 is 0 Å². The van der Waals surface area contributed by atoms with Crippen molar-refractivity contribution in [2.45, 2.75) is 20.5 Å². The number of hydrogen-bond acceptors (Lipinski definition) is 0. The van der Waals surface area contributed by atoms with Crippen LogP contribution in [0.1, 0.15) is 6.42 Å². The summed E-state index contributed by atoms with van der Waals surface area (Å²) in [5.41, 5.74) is 0. The molecule has 0 amide bonds. The van der Waals surface area contributed by atoms with E-state index in [9.17, 15) is 0 Å². The molecule has 3 rings (SSSR count). The molecule has 0 heterocycles. The quantitative estimate of drug-likeness (QED) is 0.429. The van der Waals surface area contributed by atoms with Crippen molar-refractivity contribution in [1.29, 1.82) is 0 Å². The van der Waals surface area contributed by atoms with Crippen molar-refractivity contribution >= 4 is 69.6 Å². The first-order valence-electron chi connectivity index (χ1n) is 4.78. The average Bonchev–Trinajstić information content (AvgIpc) is 2.78. The Kier molecular flexibility index (Phi) is 2.46. The van der Waals surface area contributed by atoms with Gasteiger partial charge in [-0.05, 0) is 12.3 Å². The van der Waals surface area contributed by atoms with Gasteiger partial charge in [0.2, 0.25) is 0 Å². The van der Waals surface area contributed by atoms with Crippen LogP contribution in [0.3, 0.4) is 0 Å². The summed E-state index contributed by atoms with van der Waals surface area (Å²) in [5, 5.41) is 0.574. The van der Waals surface area contributed by atoms with Crippen molar-refractivity contribution in [2.75, 3.05) is 0 Å². The molecule has 1 fully saturated rings. The van der Waals surface area contributed by atoms with Crippen LogP contribution >= 0.6 is 69.6 Å². The van der Waals surface area contributed by atoms with Crippen LogP contribution in [0.4, 0.5) is 0 Å². The Bertz CT molecular complexity index is 439. The van der Waals surface area contributed by atoms with Crippen LogP contribution in [-0.4, -0.2) is 14.1 Å². The lowest BCUT2D eigenvalue weighted by molar-refractivity contribution is 0.416. The summed E-state index contributed by atoms with van der Waals surface area (Å²) in [5.74, 6) is -0.0478. The molecule has 6 heteroatoms. The fourth-order valence-electron chi connectivity index (χ4n) is 3.08. The molecule has 4 atom stereocenters. The molecule has 0 aliphatic heterocycles. The number of halogens is 6. The first kappa shape index (κ1) is 12.3. The molecule has 2 bridgehead atoms. The monoisotopic (exact) mass is 336 g/mol. The molecular formula is C10H6Cl6. The van der Waals surface area contributed by atoms with Crippen LogP contribution in [0.15, 0.2) is 22.2 Å². The van der Waals surface area contributed by atoms with Crippen molar-refractivity contribution in [2.24, 2.45) is 11.8 Å². The Balaban J connectivity index is 2.32. The van der Waals surface area contributed by atoms with Gasteiger partial charge in [-0.15, -0.1) is 23.2 Å². The lowest BCUT2D eigenvalue weighted by atomic mass is 9.84. The predicted molar refractivity (Wildman–Crippen MR) is 71.1 cm³/mol. The van der Waals surface area contributed by atoms with E-state index in [0.29, 0.717) is 5.03 Å². The molecule has 0 aromatic carbocycles. The minimum Gasteiger partial charge on any atom is -0.109 e. The lowest BCUT2D eigenvalue weighted by Gasteiger charge is -2.33. The number of allylic oxidation sites excluding steroid dienone is 4. The third-order valence-electron chi connectivity index (χ3n) is 3.88. The fourth-order valence-corrected chi connectivity index (χ4v) is 6.12. The molecule has 0 spiro atoms. The Labute approximate surface area is 123 Å². The summed E-state index contributed by atoms with van der Waals surface area (Å²) in [6.45, 7) is 0. The molecule has 0 radical (unpaired) electrons. The van der Waals surface area contributed by atoms with E-state index < -0.39 is 14.1 Å². The first-order chi connectivity index (χ1) is 7.29. The second-order valence-electron chi connectivity index (χ2n) is 4.42. The van der Waals surface area contributed by atoms with Gasteiger partial charge in [0.05, 0.1) is 10.1 Å². The van der Waals surface area contributed by atoms with E-state index in [1.54, 1.807) is 0 Å². The largest absolute Gasteiger partial charge is 0.167 e. The van der Waals surface area contributed by atoms with E-state index in [0.717, 1.165) is 6.42 Å².